The summed E-state index contributed by atoms with van der Waals surface area (Å²) >= 11 is 0. The first-order valence-corrected chi connectivity index (χ1v) is 4.19. The maximum atomic E-state index is 8.78. The molecule has 0 saturated heterocycles. The first-order valence-electron chi connectivity index (χ1n) is 4.19. The predicted molar refractivity (Wildman–Crippen MR) is 48.1 cm³/mol. The summed E-state index contributed by atoms with van der Waals surface area (Å²) in [5, 5.41) is 19.9. The van der Waals surface area contributed by atoms with Gasteiger partial charge in [-0.2, -0.15) is 0 Å². The van der Waals surface area contributed by atoms with Crippen molar-refractivity contribution >= 4 is 0 Å². The van der Waals surface area contributed by atoms with Crippen LogP contribution in [0, 0.1) is 0 Å². The first-order chi connectivity index (χ1) is 6.92. The molecule has 0 aliphatic carbocycles. The van der Waals surface area contributed by atoms with Crippen LogP contribution in [0.3, 0.4) is 0 Å². The van der Waals surface area contributed by atoms with E-state index in [1.54, 1.807) is 12.4 Å². The number of hydrogen-bond acceptors (Lipinski definition) is 5. The van der Waals surface area contributed by atoms with E-state index in [0.717, 1.165) is 5.56 Å². The quantitative estimate of drug-likeness (QED) is 0.722. The minimum atomic E-state index is 0.0122. The first kappa shape index (κ1) is 8.76. The number of aliphatic hydroxyl groups is 1. The van der Waals surface area contributed by atoms with E-state index in [1.165, 1.54) is 4.68 Å². The van der Waals surface area contributed by atoms with Crippen molar-refractivity contribution in [2.24, 2.45) is 0 Å². The van der Waals surface area contributed by atoms with Gasteiger partial charge in [-0.05, 0) is 22.6 Å². The summed E-state index contributed by atoms with van der Waals surface area (Å²) < 4.78 is 1.54. The van der Waals surface area contributed by atoms with Gasteiger partial charge < -0.3 is 5.11 Å². The molecule has 0 unspecified atom stereocenters. The molecule has 0 aliphatic rings. The second-order valence-electron chi connectivity index (χ2n) is 2.69. The van der Waals surface area contributed by atoms with Gasteiger partial charge in [0, 0.05) is 18.0 Å². The molecule has 0 fully saturated rings. The van der Waals surface area contributed by atoms with Gasteiger partial charge in [0.2, 0.25) is 0 Å². The molecule has 0 aliphatic heterocycles. The number of aromatic nitrogens is 5. The van der Waals surface area contributed by atoms with E-state index in [0.29, 0.717) is 12.4 Å². The van der Waals surface area contributed by atoms with Crippen molar-refractivity contribution in [2.75, 3.05) is 6.61 Å². The van der Waals surface area contributed by atoms with Crippen LogP contribution in [0.15, 0.2) is 24.5 Å². The van der Waals surface area contributed by atoms with Crippen LogP contribution < -0.4 is 0 Å². The Hall–Kier alpha value is -1.82. The van der Waals surface area contributed by atoms with Crippen LogP contribution in [0.25, 0.3) is 11.4 Å². The molecular formula is C8H9N5O. The second-order valence-corrected chi connectivity index (χ2v) is 2.69. The zero-order valence-electron chi connectivity index (χ0n) is 7.41. The van der Waals surface area contributed by atoms with Crippen LogP contribution in [0.1, 0.15) is 0 Å². The highest BCUT2D eigenvalue weighted by Gasteiger charge is 2.07. The van der Waals surface area contributed by atoms with Gasteiger partial charge in [-0.15, -0.1) is 5.10 Å². The molecule has 2 aromatic rings. The summed E-state index contributed by atoms with van der Waals surface area (Å²) in [5.41, 5.74) is 0.839. The number of nitrogens with zero attached hydrogens (tertiary/aromatic N) is 5. The second kappa shape index (κ2) is 3.93. The van der Waals surface area contributed by atoms with Crippen molar-refractivity contribution in [1.82, 2.24) is 25.2 Å². The highest BCUT2D eigenvalue weighted by Crippen LogP contribution is 2.12. The highest BCUT2D eigenvalue weighted by atomic mass is 16.3. The molecule has 0 atom stereocenters. The van der Waals surface area contributed by atoms with Crippen LogP contribution in [-0.2, 0) is 6.54 Å². The average Bonchev–Trinajstić information content (AvgIpc) is 2.68. The van der Waals surface area contributed by atoms with E-state index in [4.69, 9.17) is 5.11 Å². The maximum absolute atomic E-state index is 8.78. The van der Waals surface area contributed by atoms with Gasteiger partial charge in [0.05, 0.1) is 13.2 Å². The standard InChI is InChI=1S/C8H9N5O/c14-5-4-13-8(10-11-12-13)7-2-1-3-9-6-7/h1-3,6,14H,4-5H2. The van der Waals surface area contributed by atoms with Crippen molar-refractivity contribution in [3.8, 4) is 11.4 Å². The molecule has 2 rings (SSSR count). The molecule has 72 valence electrons. The van der Waals surface area contributed by atoms with Crippen LogP contribution >= 0.6 is 0 Å². The topological polar surface area (TPSA) is 76.7 Å². The molecule has 0 aromatic carbocycles. The smallest absolute Gasteiger partial charge is 0.183 e. The highest BCUT2D eigenvalue weighted by molar-refractivity contribution is 5.52. The molecule has 0 bridgehead atoms. The predicted octanol–water partition coefficient (Wildman–Crippen LogP) is -0.273. The van der Waals surface area contributed by atoms with Gasteiger partial charge in [0.15, 0.2) is 5.82 Å². The third kappa shape index (κ3) is 1.60. The molecule has 14 heavy (non-hydrogen) atoms. The van der Waals surface area contributed by atoms with Gasteiger partial charge in [-0.1, -0.05) is 0 Å². The lowest BCUT2D eigenvalue weighted by atomic mass is 10.3. The molecule has 6 heteroatoms. The largest absolute Gasteiger partial charge is 0.394 e. The van der Waals surface area contributed by atoms with Crippen LogP contribution in [0.2, 0.25) is 0 Å². The van der Waals surface area contributed by atoms with Crippen molar-refractivity contribution in [1.29, 1.82) is 0 Å². The van der Waals surface area contributed by atoms with Crippen molar-refractivity contribution < 1.29 is 5.11 Å². The Morgan fingerprint density at radius 3 is 3.07 bits per heavy atom. The maximum Gasteiger partial charge on any atom is 0.183 e. The zero-order valence-corrected chi connectivity index (χ0v) is 7.41. The van der Waals surface area contributed by atoms with Crippen molar-refractivity contribution in [3.63, 3.8) is 0 Å². The number of aliphatic hydroxyl groups excluding tert-OH is 1. The number of hydrogen-bond donors (Lipinski definition) is 1. The number of rotatable bonds is 3. The minimum absolute atomic E-state index is 0.0122. The van der Waals surface area contributed by atoms with Crippen molar-refractivity contribution in [3.05, 3.63) is 24.5 Å². The molecule has 2 heterocycles. The summed E-state index contributed by atoms with van der Waals surface area (Å²) in [6.07, 6.45) is 3.36. The van der Waals surface area contributed by atoms with Gasteiger partial charge in [-0.3, -0.25) is 4.98 Å². The van der Waals surface area contributed by atoms with Gasteiger partial charge in [-0.25, -0.2) is 4.68 Å². The monoisotopic (exact) mass is 191 g/mol. The van der Waals surface area contributed by atoms with Gasteiger partial charge >= 0.3 is 0 Å². The summed E-state index contributed by atoms with van der Waals surface area (Å²) in [6.45, 7) is 0.398. The van der Waals surface area contributed by atoms with Crippen LogP contribution in [0.4, 0.5) is 0 Å². The summed E-state index contributed by atoms with van der Waals surface area (Å²) in [6, 6.07) is 3.68. The Morgan fingerprint density at radius 1 is 1.43 bits per heavy atom. The molecular weight excluding hydrogens is 182 g/mol. The normalized spacial score (nSPS) is 10.4. The fourth-order valence-corrected chi connectivity index (χ4v) is 1.15. The zero-order chi connectivity index (χ0) is 9.80. The molecule has 1 N–H and O–H groups in total. The molecule has 0 saturated carbocycles. The van der Waals surface area contributed by atoms with Crippen LogP contribution in [0.5, 0.6) is 0 Å². The van der Waals surface area contributed by atoms with Gasteiger partial charge in [0.25, 0.3) is 0 Å². The summed E-state index contributed by atoms with van der Waals surface area (Å²) in [7, 11) is 0. The van der Waals surface area contributed by atoms with Crippen molar-refractivity contribution in [2.45, 2.75) is 6.54 Å². The minimum Gasteiger partial charge on any atom is -0.394 e. The summed E-state index contributed by atoms with van der Waals surface area (Å²) in [5.74, 6) is 0.618. The van der Waals surface area contributed by atoms with Gasteiger partial charge in [0.1, 0.15) is 0 Å². The fraction of sp³-hybridized carbons (Fsp3) is 0.250. The Kier molecular flexibility index (Phi) is 2.46. The molecule has 6 nitrogen and oxygen atoms in total. The Bertz CT molecular complexity index is 399. The lowest BCUT2D eigenvalue weighted by molar-refractivity contribution is 0.269. The Labute approximate surface area is 80.2 Å². The van der Waals surface area contributed by atoms with E-state index < -0.39 is 0 Å². The number of pyridine rings is 1. The molecule has 2 aromatic heterocycles. The fourth-order valence-electron chi connectivity index (χ4n) is 1.15. The van der Waals surface area contributed by atoms with Crippen LogP contribution in [-0.4, -0.2) is 36.9 Å². The SMILES string of the molecule is OCCn1nnnc1-c1cccnc1. The lowest BCUT2D eigenvalue weighted by Crippen LogP contribution is -2.06. The molecule has 0 spiro atoms. The third-order valence-corrected chi connectivity index (χ3v) is 1.76. The van der Waals surface area contributed by atoms with E-state index in [9.17, 15) is 0 Å². The van der Waals surface area contributed by atoms with E-state index in [-0.39, 0.29) is 6.61 Å². The Balaban J connectivity index is 2.37. The third-order valence-electron chi connectivity index (χ3n) is 1.76. The Morgan fingerprint density at radius 2 is 2.36 bits per heavy atom. The summed E-state index contributed by atoms with van der Waals surface area (Å²) in [4.78, 5) is 3.97. The molecule has 0 radical (unpaired) electrons. The van der Waals surface area contributed by atoms with E-state index >= 15 is 0 Å². The van der Waals surface area contributed by atoms with E-state index in [2.05, 4.69) is 20.5 Å². The average molecular weight is 191 g/mol. The number of tetrazole rings is 1. The molecule has 0 amide bonds. The lowest BCUT2D eigenvalue weighted by Gasteiger charge is -2.00. The van der Waals surface area contributed by atoms with E-state index in [1.807, 2.05) is 12.1 Å².